The third-order valence-electron chi connectivity index (χ3n) is 4.55. The average Bonchev–Trinajstić information content (AvgIpc) is 2.98. The molecule has 0 aromatic heterocycles. The summed E-state index contributed by atoms with van der Waals surface area (Å²) in [7, 11) is 1.33. The first-order chi connectivity index (χ1) is 10.1. The summed E-state index contributed by atoms with van der Waals surface area (Å²) >= 11 is 0. The number of hydrogen-bond donors (Lipinski definition) is 1. The Bertz CT molecular complexity index is 337. The SMILES string of the molecule is CCCC[C@H](NC(=O)OCC1(CC)CCCC1)C(=O)OC. The minimum absolute atomic E-state index is 0.140. The van der Waals surface area contributed by atoms with Crippen molar-refractivity contribution in [2.24, 2.45) is 5.41 Å². The van der Waals surface area contributed by atoms with Crippen molar-refractivity contribution >= 4 is 12.1 Å². The molecule has 1 atom stereocenters. The Morgan fingerprint density at radius 3 is 2.43 bits per heavy atom. The van der Waals surface area contributed by atoms with E-state index in [1.54, 1.807) is 0 Å². The third kappa shape index (κ3) is 5.56. The highest BCUT2D eigenvalue weighted by Gasteiger charge is 2.33. The fraction of sp³-hybridized carbons (Fsp3) is 0.875. The molecule has 0 heterocycles. The lowest BCUT2D eigenvalue weighted by atomic mass is 9.84. The van der Waals surface area contributed by atoms with Gasteiger partial charge in [-0.2, -0.15) is 0 Å². The van der Waals surface area contributed by atoms with E-state index >= 15 is 0 Å². The van der Waals surface area contributed by atoms with E-state index < -0.39 is 18.1 Å². The number of esters is 1. The summed E-state index contributed by atoms with van der Waals surface area (Å²) in [6.07, 6.45) is 7.57. The lowest BCUT2D eigenvalue weighted by Gasteiger charge is -2.27. The number of methoxy groups -OCH3 is 1. The second-order valence-electron chi connectivity index (χ2n) is 6.00. The molecule has 1 fully saturated rings. The highest BCUT2D eigenvalue weighted by Crippen LogP contribution is 2.41. The number of nitrogens with one attached hydrogen (secondary N) is 1. The monoisotopic (exact) mass is 299 g/mol. The van der Waals surface area contributed by atoms with Gasteiger partial charge in [-0.25, -0.2) is 9.59 Å². The van der Waals surface area contributed by atoms with Crippen LogP contribution in [0.4, 0.5) is 4.79 Å². The molecule has 1 rings (SSSR count). The Morgan fingerprint density at radius 1 is 1.24 bits per heavy atom. The van der Waals surface area contributed by atoms with Crippen molar-refractivity contribution in [2.45, 2.75) is 71.3 Å². The van der Waals surface area contributed by atoms with Gasteiger partial charge < -0.3 is 14.8 Å². The van der Waals surface area contributed by atoms with Crippen LogP contribution in [0.2, 0.25) is 0 Å². The molecule has 0 bridgehead atoms. The van der Waals surface area contributed by atoms with Gasteiger partial charge in [0.05, 0.1) is 13.7 Å². The highest BCUT2D eigenvalue weighted by atomic mass is 16.6. The van der Waals surface area contributed by atoms with Gasteiger partial charge in [-0.3, -0.25) is 0 Å². The Kier molecular flexibility index (Phi) is 7.54. The predicted octanol–water partition coefficient (Wildman–Crippen LogP) is 3.41. The fourth-order valence-corrected chi connectivity index (χ4v) is 2.93. The van der Waals surface area contributed by atoms with E-state index in [9.17, 15) is 9.59 Å². The van der Waals surface area contributed by atoms with E-state index in [1.165, 1.54) is 20.0 Å². The highest BCUT2D eigenvalue weighted by molar-refractivity contribution is 5.81. The summed E-state index contributed by atoms with van der Waals surface area (Å²) < 4.78 is 10.1. The number of alkyl carbamates (subject to hydrolysis) is 1. The van der Waals surface area contributed by atoms with E-state index in [4.69, 9.17) is 9.47 Å². The van der Waals surface area contributed by atoms with Crippen LogP contribution in [-0.2, 0) is 14.3 Å². The first-order valence-corrected chi connectivity index (χ1v) is 8.08. The molecule has 0 aromatic rings. The summed E-state index contributed by atoms with van der Waals surface area (Å²) in [6.45, 7) is 4.62. The van der Waals surface area contributed by atoms with Crippen LogP contribution >= 0.6 is 0 Å². The Balaban J connectivity index is 2.43. The lowest BCUT2D eigenvalue weighted by Crippen LogP contribution is -2.42. The number of carbonyl (C=O) groups excluding carboxylic acids is 2. The van der Waals surface area contributed by atoms with Crippen LogP contribution in [0.25, 0.3) is 0 Å². The smallest absolute Gasteiger partial charge is 0.407 e. The Hall–Kier alpha value is -1.26. The van der Waals surface area contributed by atoms with Gasteiger partial charge in [0.1, 0.15) is 6.04 Å². The van der Waals surface area contributed by atoms with Crippen LogP contribution in [0.15, 0.2) is 0 Å². The van der Waals surface area contributed by atoms with Gasteiger partial charge in [0.15, 0.2) is 0 Å². The molecule has 0 aliphatic heterocycles. The van der Waals surface area contributed by atoms with Gasteiger partial charge in [0.2, 0.25) is 0 Å². The van der Waals surface area contributed by atoms with Crippen LogP contribution in [0.5, 0.6) is 0 Å². The summed E-state index contributed by atoms with van der Waals surface area (Å²) in [5.41, 5.74) is 0.140. The average molecular weight is 299 g/mol. The van der Waals surface area contributed by atoms with Gasteiger partial charge in [-0.05, 0) is 25.7 Å². The second kappa shape index (κ2) is 8.90. The number of unbranched alkanes of at least 4 members (excludes halogenated alkanes) is 1. The van der Waals surface area contributed by atoms with Crippen molar-refractivity contribution in [1.29, 1.82) is 0 Å². The normalized spacial score (nSPS) is 18.0. The molecule has 1 amide bonds. The maximum Gasteiger partial charge on any atom is 0.407 e. The standard InChI is InChI=1S/C16H29NO4/c1-4-6-9-13(14(18)20-3)17-15(19)21-12-16(5-2)10-7-8-11-16/h13H,4-12H2,1-3H3,(H,17,19)/t13-/m0/s1. The van der Waals surface area contributed by atoms with Gasteiger partial charge in [-0.1, -0.05) is 39.5 Å². The van der Waals surface area contributed by atoms with Crippen molar-refractivity contribution < 1.29 is 19.1 Å². The second-order valence-corrected chi connectivity index (χ2v) is 6.00. The van der Waals surface area contributed by atoms with E-state index in [1.807, 2.05) is 6.92 Å². The number of carbonyl (C=O) groups is 2. The van der Waals surface area contributed by atoms with E-state index in [0.29, 0.717) is 13.0 Å². The first kappa shape index (κ1) is 17.8. The van der Waals surface area contributed by atoms with E-state index in [-0.39, 0.29) is 5.41 Å². The molecule has 5 heteroatoms. The molecule has 21 heavy (non-hydrogen) atoms. The zero-order chi connectivity index (χ0) is 15.7. The van der Waals surface area contributed by atoms with Gasteiger partial charge in [-0.15, -0.1) is 0 Å². The third-order valence-corrected chi connectivity index (χ3v) is 4.55. The summed E-state index contributed by atoms with van der Waals surface area (Å²) in [6, 6.07) is -0.608. The first-order valence-electron chi connectivity index (χ1n) is 8.08. The molecular weight excluding hydrogens is 270 g/mol. The van der Waals surface area contributed by atoms with Crippen LogP contribution < -0.4 is 5.32 Å². The van der Waals surface area contributed by atoms with Gasteiger partial charge in [0.25, 0.3) is 0 Å². The molecule has 122 valence electrons. The fourth-order valence-electron chi connectivity index (χ4n) is 2.93. The number of amides is 1. The minimum Gasteiger partial charge on any atom is -0.467 e. The van der Waals surface area contributed by atoms with Gasteiger partial charge in [0, 0.05) is 5.41 Å². The maximum atomic E-state index is 11.9. The van der Waals surface area contributed by atoms with Crippen molar-refractivity contribution in [2.75, 3.05) is 13.7 Å². The predicted molar refractivity (Wildman–Crippen MR) is 81.0 cm³/mol. The number of ether oxygens (including phenoxy) is 2. The van der Waals surface area contributed by atoms with Crippen molar-refractivity contribution in [3.8, 4) is 0 Å². The summed E-state index contributed by atoms with van der Waals surface area (Å²) in [5, 5.41) is 2.63. The Morgan fingerprint density at radius 2 is 1.90 bits per heavy atom. The quantitative estimate of drug-likeness (QED) is 0.698. The molecule has 1 N–H and O–H groups in total. The number of rotatable bonds is 8. The lowest BCUT2D eigenvalue weighted by molar-refractivity contribution is -0.143. The topological polar surface area (TPSA) is 64.6 Å². The van der Waals surface area contributed by atoms with Crippen LogP contribution in [0.1, 0.15) is 65.2 Å². The summed E-state index contributed by atoms with van der Waals surface area (Å²) in [4.78, 5) is 23.6. The van der Waals surface area contributed by atoms with Crippen molar-refractivity contribution in [1.82, 2.24) is 5.32 Å². The molecule has 1 saturated carbocycles. The van der Waals surface area contributed by atoms with Gasteiger partial charge >= 0.3 is 12.1 Å². The Labute approximate surface area is 127 Å². The molecule has 1 aliphatic carbocycles. The zero-order valence-corrected chi connectivity index (χ0v) is 13.6. The summed E-state index contributed by atoms with van der Waals surface area (Å²) in [5.74, 6) is -0.411. The van der Waals surface area contributed by atoms with Crippen molar-refractivity contribution in [3.05, 3.63) is 0 Å². The molecule has 0 saturated heterocycles. The minimum atomic E-state index is -0.608. The van der Waals surface area contributed by atoms with E-state index in [0.717, 1.165) is 32.1 Å². The molecule has 0 radical (unpaired) electrons. The zero-order valence-electron chi connectivity index (χ0n) is 13.6. The maximum absolute atomic E-state index is 11.9. The van der Waals surface area contributed by atoms with Crippen LogP contribution in [0, 0.1) is 5.41 Å². The van der Waals surface area contributed by atoms with Crippen LogP contribution in [-0.4, -0.2) is 31.8 Å². The van der Waals surface area contributed by atoms with E-state index in [2.05, 4.69) is 12.2 Å². The van der Waals surface area contributed by atoms with Crippen molar-refractivity contribution in [3.63, 3.8) is 0 Å². The molecule has 5 nitrogen and oxygen atoms in total. The molecular formula is C16H29NO4. The molecule has 1 aliphatic rings. The molecule has 0 unspecified atom stereocenters. The van der Waals surface area contributed by atoms with Crippen LogP contribution in [0.3, 0.4) is 0 Å². The largest absolute Gasteiger partial charge is 0.467 e. The molecule has 0 spiro atoms. The number of hydrogen-bond acceptors (Lipinski definition) is 4. The molecule has 0 aromatic carbocycles.